The Kier molecular flexibility index (Phi) is 4.41. The number of nitrogens with one attached hydrogen (secondary N) is 2. The van der Waals surface area contributed by atoms with Gasteiger partial charge in [0.1, 0.15) is 5.78 Å². The van der Waals surface area contributed by atoms with E-state index in [1.165, 1.54) is 12.0 Å². The SMILES string of the molecule is C=C1C[C@@H]2[C@H](CC[C@]3(C)C(=O)CC(=N)[C@@H]23)[C@@]2(C)CCC(O[C@@H]3CCNC3)C[C@H]12. The number of hydrogen-bond donors (Lipinski definition) is 2. The second kappa shape index (κ2) is 6.50. The Morgan fingerprint density at radius 2 is 2.00 bits per heavy atom. The summed E-state index contributed by atoms with van der Waals surface area (Å²) in [5.74, 6) is 2.09. The van der Waals surface area contributed by atoms with E-state index >= 15 is 0 Å². The third-order valence-corrected chi connectivity index (χ3v) is 9.51. The van der Waals surface area contributed by atoms with Gasteiger partial charge in [0.25, 0.3) is 0 Å². The summed E-state index contributed by atoms with van der Waals surface area (Å²) >= 11 is 0. The minimum atomic E-state index is -0.280. The van der Waals surface area contributed by atoms with Crippen molar-refractivity contribution in [2.75, 3.05) is 13.1 Å². The Labute approximate surface area is 169 Å². The van der Waals surface area contributed by atoms with Crippen LogP contribution in [0.3, 0.4) is 0 Å². The summed E-state index contributed by atoms with van der Waals surface area (Å²) in [6.07, 6.45) is 8.90. The van der Waals surface area contributed by atoms with E-state index in [1.807, 2.05) is 0 Å². The van der Waals surface area contributed by atoms with E-state index in [0.717, 1.165) is 51.6 Å². The molecule has 5 rings (SSSR count). The lowest BCUT2D eigenvalue weighted by molar-refractivity contribution is -0.137. The fourth-order valence-corrected chi connectivity index (χ4v) is 8.01. The Morgan fingerprint density at radius 1 is 1.18 bits per heavy atom. The zero-order valence-electron chi connectivity index (χ0n) is 17.6. The van der Waals surface area contributed by atoms with Crippen molar-refractivity contribution in [1.29, 1.82) is 5.41 Å². The average molecular weight is 385 g/mol. The molecule has 154 valence electrons. The van der Waals surface area contributed by atoms with Crippen molar-refractivity contribution >= 4 is 11.5 Å². The molecule has 8 atom stereocenters. The van der Waals surface area contributed by atoms with Crippen LogP contribution in [0.4, 0.5) is 0 Å². The van der Waals surface area contributed by atoms with E-state index in [-0.39, 0.29) is 16.7 Å². The van der Waals surface area contributed by atoms with Crippen molar-refractivity contribution in [2.45, 2.75) is 77.4 Å². The molecular weight excluding hydrogens is 348 g/mol. The van der Waals surface area contributed by atoms with Crippen molar-refractivity contribution in [3.8, 4) is 0 Å². The molecule has 0 radical (unpaired) electrons. The smallest absolute Gasteiger partial charge is 0.145 e. The van der Waals surface area contributed by atoms with E-state index in [9.17, 15) is 4.79 Å². The predicted molar refractivity (Wildman–Crippen MR) is 111 cm³/mol. The second-order valence-corrected chi connectivity index (χ2v) is 10.9. The van der Waals surface area contributed by atoms with E-state index < -0.39 is 0 Å². The third-order valence-electron chi connectivity index (χ3n) is 9.51. The Balaban J connectivity index is 1.38. The molecule has 1 aliphatic heterocycles. The lowest BCUT2D eigenvalue weighted by Gasteiger charge is -2.60. The van der Waals surface area contributed by atoms with E-state index in [0.29, 0.717) is 47.9 Å². The summed E-state index contributed by atoms with van der Waals surface area (Å²) in [6.45, 7) is 11.3. The van der Waals surface area contributed by atoms with Crippen molar-refractivity contribution in [3.05, 3.63) is 12.2 Å². The van der Waals surface area contributed by atoms with Gasteiger partial charge >= 0.3 is 0 Å². The van der Waals surface area contributed by atoms with Crippen molar-refractivity contribution in [3.63, 3.8) is 0 Å². The van der Waals surface area contributed by atoms with Crippen LogP contribution in [0.25, 0.3) is 0 Å². The van der Waals surface area contributed by atoms with Crippen LogP contribution in [-0.2, 0) is 9.53 Å². The lowest BCUT2D eigenvalue weighted by atomic mass is 9.44. The van der Waals surface area contributed by atoms with Gasteiger partial charge in [0, 0.05) is 30.0 Å². The first-order chi connectivity index (χ1) is 13.3. The van der Waals surface area contributed by atoms with Gasteiger partial charge < -0.3 is 15.5 Å². The van der Waals surface area contributed by atoms with Gasteiger partial charge in [-0.25, -0.2) is 0 Å². The first-order valence-corrected chi connectivity index (χ1v) is 11.5. The zero-order valence-corrected chi connectivity index (χ0v) is 17.6. The van der Waals surface area contributed by atoms with Crippen LogP contribution < -0.4 is 5.32 Å². The van der Waals surface area contributed by atoms with Gasteiger partial charge in [-0.2, -0.15) is 0 Å². The number of hydrogen-bond acceptors (Lipinski definition) is 4. The van der Waals surface area contributed by atoms with Crippen LogP contribution >= 0.6 is 0 Å². The molecule has 1 heterocycles. The molecule has 5 aliphatic rings. The summed E-state index contributed by atoms with van der Waals surface area (Å²) in [6, 6.07) is 0. The standard InChI is InChI=1S/C24H36N2O2/c1-14-10-17-18(5-8-24(3)21(27)12-20(25)22(17)24)23(2)7-4-15(11-19(14)23)28-16-6-9-26-13-16/h15-19,22,25-26H,1,4-13H2,2-3H3/t15?,16-,17-,18+,19-,22-,23-,24-/m1/s1. The number of carbonyl (C=O) groups excluding carboxylic acids is 1. The molecule has 28 heavy (non-hydrogen) atoms. The maximum atomic E-state index is 12.7. The van der Waals surface area contributed by atoms with Gasteiger partial charge in [-0.1, -0.05) is 26.0 Å². The first-order valence-electron chi connectivity index (χ1n) is 11.5. The number of Topliss-reactive ketones (excluding diaryl/α,β-unsaturated/α-hetero) is 1. The second-order valence-electron chi connectivity index (χ2n) is 10.9. The molecule has 5 fully saturated rings. The third kappa shape index (κ3) is 2.63. The number of rotatable bonds is 2. The first kappa shape index (κ1) is 19.0. The fraction of sp³-hybridized carbons (Fsp3) is 0.833. The molecule has 4 nitrogen and oxygen atoms in total. The summed E-state index contributed by atoms with van der Waals surface area (Å²) in [7, 11) is 0. The van der Waals surface area contributed by atoms with Gasteiger partial charge in [-0.05, 0) is 74.7 Å². The Morgan fingerprint density at radius 3 is 2.75 bits per heavy atom. The van der Waals surface area contributed by atoms with Gasteiger partial charge in [0.2, 0.25) is 0 Å². The highest BCUT2D eigenvalue weighted by Gasteiger charge is 2.62. The van der Waals surface area contributed by atoms with Gasteiger partial charge in [-0.3, -0.25) is 4.79 Å². The maximum Gasteiger partial charge on any atom is 0.145 e. The lowest BCUT2D eigenvalue weighted by Crippen LogP contribution is -2.55. The molecule has 0 amide bonds. The number of allylic oxidation sites excluding steroid dienone is 1. The highest BCUT2D eigenvalue weighted by atomic mass is 16.5. The number of ether oxygens (including phenoxy) is 1. The molecular formula is C24H36N2O2. The highest BCUT2D eigenvalue weighted by molar-refractivity contribution is 6.12. The van der Waals surface area contributed by atoms with Crippen molar-refractivity contribution in [2.24, 2.45) is 34.5 Å². The van der Waals surface area contributed by atoms with Crippen LogP contribution in [0, 0.1) is 39.9 Å². The van der Waals surface area contributed by atoms with Crippen LogP contribution in [0.2, 0.25) is 0 Å². The zero-order chi connectivity index (χ0) is 19.7. The van der Waals surface area contributed by atoms with Crippen molar-refractivity contribution in [1.82, 2.24) is 5.32 Å². The number of ketones is 1. The molecule has 2 N–H and O–H groups in total. The summed E-state index contributed by atoms with van der Waals surface area (Å²) in [5.41, 5.74) is 2.07. The molecule has 1 unspecified atom stereocenters. The Bertz CT molecular complexity index is 711. The summed E-state index contributed by atoms with van der Waals surface area (Å²) in [5, 5.41) is 12.0. The quantitative estimate of drug-likeness (QED) is 0.703. The molecule has 0 aromatic carbocycles. The minimum Gasteiger partial charge on any atom is -0.374 e. The maximum absolute atomic E-state index is 12.7. The molecule has 0 aromatic rings. The molecule has 0 bridgehead atoms. The Hall–Kier alpha value is -1.00. The van der Waals surface area contributed by atoms with E-state index in [1.54, 1.807) is 0 Å². The molecule has 4 aliphatic carbocycles. The normalized spacial score (nSPS) is 51.0. The average Bonchev–Trinajstić information content (AvgIpc) is 3.23. The van der Waals surface area contributed by atoms with Crippen LogP contribution in [0.5, 0.6) is 0 Å². The van der Waals surface area contributed by atoms with E-state index in [2.05, 4.69) is 25.7 Å². The molecule has 1 saturated heterocycles. The van der Waals surface area contributed by atoms with Crippen molar-refractivity contribution < 1.29 is 9.53 Å². The van der Waals surface area contributed by atoms with Crippen LogP contribution in [-0.4, -0.2) is 36.8 Å². The fourth-order valence-electron chi connectivity index (χ4n) is 8.01. The molecule has 0 spiro atoms. The monoisotopic (exact) mass is 384 g/mol. The largest absolute Gasteiger partial charge is 0.374 e. The van der Waals surface area contributed by atoms with Gasteiger partial charge in [0.05, 0.1) is 12.2 Å². The molecule has 4 heteroatoms. The van der Waals surface area contributed by atoms with Crippen LogP contribution in [0.15, 0.2) is 12.2 Å². The van der Waals surface area contributed by atoms with Gasteiger partial charge in [0.15, 0.2) is 0 Å². The van der Waals surface area contributed by atoms with Gasteiger partial charge in [-0.15, -0.1) is 0 Å². The van der Waals surface area contributed by atoms with E-state index in [4.69, 9.17) is 10.1 Å². The summed E-state index contributed by atoms with van der Waals surface area (Å²) in [4.78, 5) is 12.7. The molecule has 4 saturated carbocycles. The summed E-state index contributed by atoms with van der Waals surface area (Å²) < 4.78 is 6.46. The highest BCUT2D eigenvalue weighted by Crippen LogP contribution is 2.65. The minimum absolute atomic E-state index is 0.159. The molecule has 0 aromatic heterocycles. The predicted octanol–water partition coefficient (Wildman–Crippen LogP) is 4.14. The van der Waals surface area contributed by atoms with Crippen LogP contribution in [0.1, 0.15) is 65.2 Å². The number of carbonyl (C=O) groups is 1. The number of fused-ring (bicyclic) bond motifs is 5. The topological polar surface area (TPSA) is 62.2 Å².